The van der Waals surface area contributed by atoms with Gasteiger partial charge in [-0.15, -0.1) is 0 Å². The van der Waals surface area contributed by atoms with Gasteiger partial charge in [-0.2, -0.15) is 0 Å². The van der Waals surface area contributed by atoms with Crippen molar-refractivity contribution in [3.05, 3.63) is 83.4 Å². The SMILES string of the molecule is COc1ccc(CC(=O)Oc2ccc(C(=O)C(N)C(C)(C)C)cc2OC(=O)Cc2ccc(OC)cc2)cc1. The Morgan fingerprint density at radius 1 is 0.711 bits per heavy atom. The number of carbonyl (C=O) groups is 3. The van der Waals surface area contributed by atoms with E-state index in [-0.39, 0.29) is 35.7 Å². The summed E-state index contributed by atoms with van der Waals surface area (Å²) < 4.78 is 21.4. The van der Waals surface area contributed by atoms with Gasteiger partial charge in [0.2, 0.25) is 0 Å². The molecule has 0 fully saturated rings. The van der Waals surface area contributed by atoms with E-state index in [1.165, 1.54) is 18.2 Å². The van der Waals surface area contributed by atoms with Crippen LogP contribution in [-0.4, -0.2) is 38.0 Å². The third-order valence-electron chi connectivity index (χ3n) is 5.91. The molecule has 0 heterocycles. The molecule has 0 saturated heterocycles. The Hall–Kier alpha value is -4.17. The molecule has 3 aromatic carbocycles. The van der Waals surface area contributed by atoms with Gasteiger partial charge in [0.05, 0.1) is 33.1 Å². The number of methoxy groups -OCH3 is 2. The van der Waals surface area contributed by atoms with Crippen molar-refractivity contribution >= 4 is 17.7 Å². The van der Waals surface area contributed by atoms with Crippen LogP contribution < -0.4 is 24.7 Å². The summed E-state index contributed by atoms with van der Waals surface area (Å²) in [6.07, 6.45) is -0.0539. The van der Waals surface area contributed by atoms with Gasteiger partial charge in [0.15, 0.2) is 17.3 Å². The van der Waals surface area contributed by atoms with Crippen LogP contribution in [0, 0.1) is 5.41 Å². The van der Waals surface area contributed by atoms with E-state index in [0.29, 0.717) is 17.1 Å². The summed E-state index contributed by atoms with van der Waals surface area (Å²) in [4.78, 5) is 38.5. The maximum Gasteiger partial charge on any atom is 0.315 e. The van der Waals surface area contributed by atoms with Crippen LogP contribution in [0.2, 0.25) is 0 Å². The van der Waals surface area contributed by atoms with Crippen LogP contribution in [0.3, 0.4) is 0 Å². The number of hydrogen-bond donors (Lipinski definition) is 1. The fraction of sp³-hybridized carbons (Fsp3) is 0.300. The molecule has 0 bridgehead atoms. The number of carbonyl (C=O) groups excluding carboxylic acids is 3. The van der Waals surface area contributed by atoms with E-state index >= 15 is 0 Å². The van der Waals surface area contributed by atoms with Crippen LogP contribution in [-0.2, 0) is 22.4 Å². The summed E-state index contributed by atoms with van der Waals surface area (Å²) in [6.45, 7) is 5.59. The standard InChI is InChI=1S/C30H33NO7/c1-30(2,3)29(31)28(34)21-10-15-24(37-26(32)16-19-6-11-22(35-4)12-7-19)25(18-21)38-27(33)17-20-8-13-23(36-5)14-9-20/h6-15,18,29H,16-17,31H2,1-5H3. The molecule has 8 heteroatoms. The second-order valence-corrected chi connectivity index (χ2v) is 9.87. The van der Waals surface area contributed by atoms with Gasteiger partial charge < -0.3 is 24.7 Å². The minimum Gasteiger partial charge on any atom is -0.497 e. The molecule has 0 aliphatic rings. The third kappa shape index (κ3) is 7.66. The van der Waals surface area contributed by atoms with Gasteiger partial charge in [0.1, 0.15) is 11.5 Å². The third-order valence-corrected chi connectivity index (χ3v) is 5.91. The molecule has 8 nitrogen and oxygen atoms in total. The zero-order valence-electron chi connectivity index (χ0n) is 22.3. The Labute approximate surface area is 222 Å². The second kappa shape index (κ2) is 12.4. The highest BCUT2D eigenvalue weighted by Gasteiger charge is 2.29. The molecule has 0 amide bonds. The Morgan fingerprint density at radius 2 is 1.16 bits per heavy atom. The minimum absolute atomic E-state index is 0.0151. The van der Waals surface area contributed by atoms with Gasteiger partial charge in [-0.05, 0) is 59.0 Å². The Balaban J connectivity index is 1.83. The maximum absolute atomic E-state index is 13.0. The first kappa shape index (κ1) is 28.4. The van der Waals surface area contributed by atoms with Crippen LogP contribution in [0.15, 0.2) is 66.7 Å². The minimum atomic E-state index is -0.783. The number of esters is 2. The fourth-order valence-electron chi connectivity index (χ4n) is 3.54. The lowest BCUT2D eigenvalue weighted by atomic mass is 9.83. The normalized spacial score (nSPS) is 11.8. The van der Waals surface area contributed by atoms with Crippen molar-refractivity contribution in [1.29, 1.82) is 0 Å². The van der Waals surface area contributed by atoms with Gasteiger partial charge in [0, 0.05) is 5.56 Å². The molecule has 3 rings (SSSR count). The van der Waals surface area contributed by atoms with Gasteiger partial charge in [-0.3, -0.25) is 14.4 Å². The molecule has 3 aromatic rings. The molecule has 38 heavy (non-hydrogen) atoms. The van der Waals surface area contributed by atoms with E-state index in [1.807, 2.05) is 20.8 Å². The number of ether oxygens (including phenoxy) is 4. The lowest BCUT2D eigenvalue weighted by molar-refractivity contribution is -0.136. The molecule has 1 unspecified atom stereocenters. The Bertz CT molecular complexity index is 1280. The topological polar surface area (TPSA) is 114 Å². The Kier molecular flexibility index (Phi) is 9.25. The van der Waals surface area contributed by atoms with Gasteiger partial charge in [-0.25, -0.2) is 0 Å². The summed E-state index contributed by atoms with van der Waals surface area (Å²) in [5, 5.41) is 0. The highest BCUT2D eigenvalue weighted by atomic mass is 16.6. The summed E-state index contributed by atoms with van der Waals surface area (Å²) in [5.41, 5.74) is 7.36. The molecule has 0 radical (unpaired) electrons. The number of hydrogen-bond acceptors (Lipinski definition) is 8. The van der Waals surface area contributed by atoms with Crippen LogP contribution in [0.1, 0.15) is 42.3 Å². The van der Waals surface area contributed by atoms with Crippen LogP contribution in [0.4, 0.5) is 0 Å². The largest absolute Gasteiger partial charge is 0.497 e. The predicted molar refractivity (Wildman–Crippen MR) is 143 cm³/mol. The highest BCUT2D eigenvalue weighted by molar-refractivity contribution is 6.01. The average Bonchev–Trinajstić information content (AvgIpc) is 2.89. The number of Topliss-reactive ketones (excluding diaryl/α,β-unsaturated/α-hetero) is 1. The van der Waals surface area contributed by atoms with Crippen molar-refractivity contribution in [2.24, 2.45) is 11.1 Å². The average molecular weight is 520 g/mol. The van der Waals surface area contributed by atoms with E-state index in [0.717, 1.165) is 5.56 Å². The summed E-state index contributed by atoms with van der Waals surface area (Å²) in [5.74, 6) is -0.163. The highest BCUT2D eigenvalue weighted by Crippen LogP contribution is 2.31. The first-order valence-corrected chi connectivity index (χ1v) is 12.1. The number of ketones is 1. The lowest BCUT2D eigenvalue weighted by Gasteiger charge is -2.25. The van der Waals surface area contributed by atoms with Crippen LogP contribution in [0.5, 0.6) is 23.0 Å². The summed E-state index contributed by atoms with van der Waals surface area (Å²) >= 11 is 0. The van der Waals surface area contributed by atoms with E-state index in [2.05, 4.69) is 0 Å². The van der Waals surface area contributed by atoms with Gasteiger partial charge in [-0.1, -0.05) is 45.0 Å². The van der Waals surface area contributed by atoms with Crippen molar-refractivity contribution in [3.63, 3.8) is 0 Å². The zero-order valence-corrected chi connectivity index (χ0v) is 22.3. The van der Waals surface area contributed by atoms with Crippen molar-refractivity contribution in [3.8, 4) is 23.0 Å². The second-order valence-electron chi connectivity index (χ2n) is 9.87. The van der Waals surface area contributed by atoms with Crippen molar-refractivity contribution < 1.29 is 33.3 Å². The lowest BCUT2D eigenvalue weighted by Crippen LogP contribution is -2.42. The summed E-state index contributed by atoms with van der Waals surface area (Å²) in [7, 11) is 3.12. The van der Waals surface area contributed by atoms with E-state index in [9.17, 15) is 14.4 Å². The molecular formula is C30H33NO7. The van der Waals surface area contributed by atoms with Crippen LogP contribution >= 0.6 is 0 Å². The number of rotatable bonds is 10. The molecule has 0 saturated carbocycles. The van der Waals surface area contributed by atoms with Gasteiger partial charge >= 0.3 is 11.9 Å². The maximum atomic E-state index is 13.0. The first-order chi connectivity index (χ1) is 18.0. The van der Waals surface area contributed by atoms with E-state index in [4.69, 9.17) is 24.7 Å². The molecule has 200 valence electrons. The molecule has 0 aliphatic heterocycles. The first-order valence-electron chi connectivity index (χ1n) is 12.1. The van der Waals surface area contributed by atoms with Crippen LogP contribution in [0.25, 0.3) is 0 Å². The quantitative estimate of drug-likeness (QED) is 0.236. The number of nitrogens with two attached hydrogens (primary N) is 1. The van der Waals surface area contributed by atoms with Crippen molar-refractivity contribution in [2.75, 3.05) is 14.2 Å². The molecule has 0 aliphatic carbocycles. The molecule has 0 spiro atoms. The van der Waals surface area contributed by atoms with Crippen molar-refractivity contribution in [1.82, 2.24) is 0 Å². The fourth-order valence-corrected chi connectivity index (χ4v) is 3.54. The molecular weight excluding hydrogens is 486 g/mol. The predicted octanol–water partition coefficient (Wildman–Crippen LogP) is 4.56. The zero-order chi connectivity index (χ0) is 27.9. The molecule has 1 atom stereocenters. The Morgan fingerprint density at radius 3 is 1.58 bits per heavy atom. The monoisotopic (exact) mass is 519 g/mol. The van der Waals surface area contributed by atoms with Crippen molar-refractivity contribution in [2.45, 2.75) is 39.7 Å². The molecule has 0 aromatic heterocycles. The van der Waals surface area contributed by atoms with Gasteiger partial charge in [0.25, 0.3) is 0 Å². The van der Waals surface area contributed by atoms with E-state index < -0.39 is 23.4 Å². The smallest absolute Gasteiger partial charge is 0.315 e. The molecule has 2 N–H and O–H groups in total. The number of benzene rings is 3. The summed E-state index contributed by atoms with van der Waals surface area (Å²) in [6, 6.07) is 17.5. The van der Waals surface area contributed by atoms with E-state index in [1.54, 1.807) is 62.8 Å².